The van der Waals surface area contributed by atoms with Crippen LogP contribution >= 0.6 is 0 Å². The van der Waals surface area contributed by atoms with Gasteiger partial charge in [-0.1, -0.05) is 405 Å². The van der Waals surface area contributed by atoms with Gasteiger partial charge in [-0.15, -0.1) is 0 Å². The summed E-state index contributed by atoms with van der Waals surface area (Å²) in [6, 6.07) is -0.621. The van der Waals surface area contributed by atoms with Gasteiger partial charge in [0, 0.05) is 12.8 Å². The van der Waals surface area contributed by atoms with Crippen molar-refractivity contribution in [2.24, 2.45) is 0 Å². The van der Waals surface area contributed by atoms with E-state index < -0.39 is 12.1 Å². The zero-order valence-corrected chi connectivity index (χ0v) is 56.0. The SMILES string of the molecule is CCCCCCCCCCCC/C=C/C(O)C(CO)NC(=O)CCCCCCCCCCCCCCCCCCCCCCCCCCCCCCCCCCCCCCCOC(=O)CCCCCCCCCCCCCCCCCC. The lowest BCUT2D eigenvalue weighted by molar-refractivity contribution is -0.143. The molecule has 0 aromatic carbocycles. The van der Waals surface area contributed by atoms with E-state index in [1.165, 1.54) is 372 Å². The summed E-state index contributed by atoms with van der Waals surface area (Å²) in [4.78, 5) is 24.6. The van der Waals surface area contributed by atoms with E-state index >= 15 is 0 Å². The molecule has 3 N–H and O–H groups in total. The lowest BCUT2D eigenvalue weighted by Crippen LogP contribution is -2.45. The first kappa shape index (κ1) is 80.6. The lowest BCUT2D eigenvalue weighted by Gasteiger charge is -2.20. The first-order valence-corrected chi connectivity index (χ1v) is 38.0. The molecular formula is C76H149NO5. The molecule has 0 aliphatic heterocycles. The van der Waals surface area contributed by atoms with Crippen molar-refractivity contribution in [1.82, 2.24) is 5.32 Å². The Labute approximate surface area is 514 Å². The van der Waals surface area contributed by atoms with E-state index in [-0.39, 0.29) is 18.5 Å². The van der Waals surface area contributed by atoms with E-state index in [0.717, 1.165) is 38.5 Å². The van der Waals surface area contributed by atoms with Gasteiger partial charge >= 0.3 is 5.97 Å². The van der Waals surface area contributed by atoms with Crippen LogP contribution in [0.4, 0.5) is 0 Å². The van der Waals surface area contributed by atoms with E-state index in [4.69, 9.17) is 4.74 Å². The Morgan fingerprint density at radius 3 is 0.829 bits per heavy atom. The lowest BCUT2D eigenvalue weighted by atomic mass is 10.0. The van der Waals surface area contributed by atoms with Crippen LogP contribution in [0.25, 0.3) is 0 Å². The van der Waals surface area contributed by atoms with Gasteiger partial charge in [0.15, 0.2) is 0 Å². The normalized spacial score (nSPS) is 12.5. The van der Waals surface area contributed by atoms with Gasteiger partial charge in [0.25, 0.3) is 0 Å². The number of hydrogen-bond acceptors (Lipinski definition) is 5. The molecule has 0 saturated heterocycles. The number of aliphatic hydroxyl groups excluding tert-OH is 2. The highest BCUT2D eigenvalue weighted by atomic mass is 16.5. The van der Waals surface area contributed by atoms with Crippen LogP contribution in [-0.2, 0) is 14.3 Å². The highest BCUT2D eigenvalue weighted by Gasteiger charge is 2.18. The van der Waals surface area contributed by atoms with Gasteiger partial charge in [-0.3, -0.25) is 9.59 Å². The number of allylic oxidation sites excluding steroid dienone is 1. The predicted octanol–water partition coefficient (Wildman–Crippen LogP) is 24.7. The molecule has 0 heterocycles. The number of aliphatic hydroxyl groups is 2. The summed E-state index contributed by atoms with van der Waals surface area (Å²) in [6.45, 7) is 4.94. The minimum atomic E-state index is -0.838. The Morgan fingerprint density at radius 1 is 0.329 bits per heavy atom. The minimum Gasteiger partial charge on any atom is -0.466 e. The molecule has 2 unspecified atom stereocenters. The third kappa shape index (κ3) is 67.7. The number of rotatable bonds is 72. The first-order valence-electron chi connectivity index (χ1n) is 38.0. The first-order chi connectivity index (χ1) is 40.5. The number of ether oxygens (including phenoxy) is 1. The highest BCUT2D eigenvalue weighted by molar-refractivity contribution is 5.76. The second-order valence-electron chi connectivity index (χ2n) is 26.4. The average Bonchev–Trinajstić information content (AvgIpc) is 3.48. The number of carbonyl (C=O) groups is 2. The molecule has 0 bridgehead atoms. The average molecular weight is 1160 g/mol. The number of unbranched alkanes of at least 4 members (excludes halogenated alkanes) is 61. The standard InChI is InChI=1S/C76H149NO5/c1-3-5-7-9-11-13-15-17-18-43-46-50-54-58-62-66-70-76(81)82-71-67-63-59-55-51-47-44-41-39-37-35-33-31-29-27-25-23-21-19-20-22-24-26-28-30-32-34-36-38-40-42-45-49-53-57-61-65-69-75(80)77-73(72-78)74(79)68-64-60-56-52-48-16-14-12-10-8-6-4-2/h64,68,73-74,78-79H,3-63,65-67,69-72H2,1-2H3,(H,77,80)/b68-64+. The van der Waals surface area contributed by atoms with Gasteiger partial charge < -0.3 is 20.3 Å². The van der Waals surface area contributed by atoms with Crippen molar-refractivity contribution in [3.05, 3.63) is 12.2 Å². The van der Waals surface area contributed by atoms with Crippen LogP contribution in [0.2, 0.25) is 0 Å². The molecule has 0 saturated carbocycles. The molecule has 0 aliphatic carbocycles. The quantitative estimate of drug-likeness (QED) is 0.0320. The van der Waals surface area contributed by atoms with Gasteiger partial charge in [-0.05, 0) is 32.1 Å². The van der Waals surface area contributed by atoms with Crippen molar-refractivity contribution in [3.8, 4) is 0 Å². The molecule has 6 nitrogen and oxygen atoms in total. The van der Waals surface area contributed by atoms with Gasteiger partial charge in [0.1, 0.15) is 0 Å². The number of esters is 1. The number of nitrogens with one attached hydrogen (secondary N) is 1. The molecule has 6 heteroatoms. The highest BCUT2D eigenvalue weighted by Crippen LogP contribution is 2.20. The van der Waals surface area contributed by atoms with Gasteiger partial charge in [-0.2, -0.15) is 0 Å². The summed E-state index contributed by atoms with van der Waals surface area (Å²) in [5.74, 6) is -0.0329. The predicted molar refractivity (Wildman–Crippen MR) is 361 cm³/mol. The Balaban J connectivity index is 3.28. The maximum absolute atomic E-state index is 12.5. The molecule has 1 amide bonds. The molecule has 0 aromatic rings. The Kier molecular flexibility index (Phi) is 70.8. The van der Waals surface area contributed by atoms with Crippen molar-refractivity contribution in [2.75, 3.05) is 13.2 Å². The summed E-state index contributed by atoms with van der Waals surface area (Å²) in [6.07, 6.45) is 90.5. The summed E-state index contributed by atoms with van der Waals surface area (Å²) < 4.78 is 5.51. The zero-order valence-electron chi connectivity index (χ0n) is 56.0. The third-order valence-corrected chi connectivity index (χ3v) is 18.1. The number of hydrogen-bond donors (Lipinski definition) is 3. The Bertz CT molecular complexity index is 1240. The van der Waals surface area contributed by atoms with Crippen LogP contribution in [0.3, 0.4) is 0 Å². The number of carbonyl (C=O) groups excluding carboxylic acids is 2. The van der Waals surface area contributed by atoms with E-state index in [0.29, 0.717) is 19.4 Å². The Morgan fingerprint density at radius 2 is 0.561 bits per heavy atom. The molecule has 0 aliphatic rings. The van der Waals surface area contributed by atoms with Crippen molar-refractivity contribution >= 4 is 11.9 Å². The monoisotopic (exact) mass is 1160 g/mol. The molecular weight excluding hydrogens is 1010 g/mol. The minimum absolute atomic E-state index is 0.0276. The fourth-order valence-corrected chi connectivity index (χ4v) is 12.3. The maximum atomic E-state index is 12.5. The molecule has 0 aromatic heterocycles. The molecule has 82 heavy (non-hydrogen) atoms. The van der Waals surface area contributed by atoms with E-state index in [9.17, 15) is 19.8 Å². The van der Waals surface area contributed by atoms with Crippen LogP contribution in [0, 0.1) is 0 Å². The number of amides is 1. The van der Waals surface area contributed by atoms with Crippen LogP contribution in [0.1, 0.15) is 438 Å². The van der Waals surface area contributed by atoms with Crippen molar-refractivity contribution in [1.29, 1.82) is 0 Å². The second-order valence-corrected chi connectivity index (χ2v) is 26.4. The summed E-state index contributed by atoms with van der Waals surface area (Å²) >= 11 is 0. The van der Waals surface area contributed by atoms with Crippen molar-refractivity contribution in [2.45, 2.75) is 450 Å². The summed E-state index contributed by atoms with van der Waals surface area (Å²) in [5.41, 5.74) is 0. The smallest absolute Gasteiger partial charge is 0.305 e. The molecule has 0 fully saturated rings. The summed E-state index contributed by atoms with van der Waals surface area (Å²) in [7, 11) is 0. The maximum Gasteiger partial charge on any atom is 0.305 e. The zero-order chi connectivity index (χ0) is 59.2. The topological polar surface area (TPSA) is 95.9 Å². The molecule has 0 radical (unpaired) electrons. The van der Waals surface area contributed by atoms with Crippen LogP contribution in [0.5, 0.6) is 0 Å². The van der Waals surface area contributed by atoms with Gasteiger partial charge in [0.2, 0.25) is 5.91 Å². The molecule has 2 atom stereocenters. The largest absolute Gasteiger partial charge is 0.466 e. The Hall–Kier alpha value is -1.40. The fourth-order valence-electron chi connectivity index (χ4n) is 12.3. The second kappa shape index (κ2) is 72.1. The van der Waals surface area contributed by atoms with E-state index in [1.54, 1.807) is 6.08 Å². The van der Waals surface area contributed by atoms with Crippen LogP contribution in [-0.4, -0.2) is 47.4 Å². The molecule has 0 rings (SSSR count). The van der Waals surface area contributed by atoms with Crippen LogP contribution < -0.4 is 5.32 Å². The molecule has 488 valence electrons. The molecule has 0 spiro atoms. The van der Waals surface area contributed by atoms with Gasteiger partial charge in [0.05, 0.1) is 25.4 Å². The van der Waals surface area contributed by atoms with E-state index in [2.05, 4.69) is 19.2 Å². The third-order valence-electron chi connectivity index (χ3n) is 18.1. The van der Waals surface area contributed by atoms with Crippen molar-refractivity contribution in [3.63, 3.8) is 0 Å². The van der Waals surface area contributed by atoms with Gasteiger partial charge in [-0.25, -0.2) is 0 Å². The van der Waals surface area contributed by atoms with E-state index in [1.807, 2.05) is 6.08 Å². The fraction of sp³-hybridized carbons (Fsp3) is 0.947. The van der Waals surface area contributed by atoms with Crippen LogP contribution in [0.15, 0.2) is 12.2 Å². The summed E-state index contributed by atoms with van der Waals surface area (Å²) in [5, 5.41) is 23.1. The van der Waals surface area contributed by atoms with Crippen molar-refractivity contribution < 1.29 is 24.5 Å².